The van der Waals surface area contributed by atoms with Crippen LogP contribution < -0.4 is 5.73 Å². The van der Waals surface area contributed by atoms with Crippen molar-refractivity contribution < 1.29 is 0 Å². The smallest absolute Gasteiger partial charge is 0.00720 e. The Hall–Kier alpha value is -0.0400. The summed E-state index contributed by atoms with van der Waals surface area (Å²) < 4.78 is 0. The summed E-state index contributed by atoms with van der Waals surface area (Å²) in [5, 5.41) is 0. The van der Waals surface area contributed by atoms with Gasteiger partial charge in [0, 0.05) is 0 Å². The summed E-state index contributed by atoms with van der Waals surface area (Å²) >= 11 is 0. The minimum absolute atomic E-state index is 0.578. The zero-order chi connectivity index (χ0) is 10.9. The molecular formula is C13H29N. The van der Waals surface area contributed by atoms with Crippen LogP contribution in [0.3, 0.4) is 0 Å². The highest BCUT2D eigenvalue weighted by molar-refractivity contribution is 4.79. The predicted molar refractivity (Wildman–Crippen MR) is 65.4 cm³/mol. The summed E-state index contributed by atoms with van der Waals surface area (Å²) in [6.07, 6.45) is 10.7. The molecule has 0 unspecified atom stereocenters. The molecule has 0 aromatic carbocycles. The fourth-order valence-corrected chi connectivity index (χ4v) is 2.67. The molecule has 0 aliphatic heterocycles. The molecule has 0 atom stereocenters. The van der Waals surface area contributed by atoms with Crippen LogP contribution in [0.1, 0.15) is 72.1 Å². The summed E-state index contributed by atoms with van der Waals surface area (Å²) in [5.41, 5.74) is 6.32. The topological polar surface area (TPSA) is 26.0 Å². The molecule has 2 N–H and O–H groups in total. The zero-order valence-electron chi connectivity index (χ0n) is 10.4. The third-order valence-electron chi connectivity index (χ3n) is 3.30. The first-order valence-corrected chi connectivity index (χ1v) is 6.44. The van der Waals surface area contributed by atoms with Gasteiger partial charge >= 0.3 is 0 Å². The second-order valence-electron chi connectivity index (χ2n) is 4.64. The molecular weight excluding hydrogens is 170 g/mol. The molecule has 0 bridgehead atoms. The van der Waals surface area contributed by atoms with E-state index in [1.54, 1.807) is 0 Å². The SMILES string of the molecule is CCCCC(CCC)(CCC)CCN. The van der Waals surface area contributed by atoms with E-state index in [1.807, 2.05) is 0 Å². The van der Waals surface area contributed by atoms with Crippen molar-refractivity contribution in [2.75, 3.05) is 6.54 Å². The van der Waals surface area contributed by atoms with Crippen LogP contribution in [0.2, 0.25) is 0 Å². The van der Waals surface area contributed by atoms with Crippen molar-refractivity contribution in [3.63, 3.8) is 0 Å². The lowest BCUT2D eigenvalue weighted by atomic mass is 9.73. The van der Waals surface area contributed by atoms with E-state index in [1.165, 1.54) is 51.4 Å². The minimum Gasteiger partial charge on any atom is -0.330 e. The molecule has 14 heavy (non-hydrogen) atoms. The maximum absolute atomic E-state index is 5.75. The molecule has 0 aliphatic rings. The summed E-state index contributed by atoms with van der Waals surface area (Å²) in [7, 11) is 0. The van der Waals surface area contributed by atoms with Gasteiger partial charge in [-0.1, -0.05) is 46.5 Å². The van der Waals surface area contributed by atoms with Gasteiger partial charge in [-0.2, -0.15) is 0 Å². The fourth-order valence-electron chi connectivity index (χ4n) is 2.67. The van der Waals surface area contributed by atoms with E-state index in [4.69, 9.17) is 5.73 Å². The van der Waals surface area contributed by atoms with E-state index in [0.29, 0.717) is 5.41 Å². The third kappa shape index (κ3) is 4.99. The van der Waals surface area contributed by atoms with E-state index < -0.39 is 0 Å². The Morgan fingerprint density at radius 2 is 1.36 bits per heavy atom. The van der Waals surface area contributed by atoms with Gasteiger partial charge in [0.05, 0.1) is 0 Å². The van der Waals surface area contributed by atoms with Crippen molar-refractivity contribution in [1.82, 2.24) is 0 Å². The first-order chi connectivity index (χ1) is 6.74. The average molecular weight is 199 g/mol. The summed E-state index contributed by atoms with van der Waals surface area (Å²) in [5.74, 6) is 0. The summed E-state index contributed by atoms with van der Waals surface area (Å²) in [6.45, 7) is 7.74. The second-order valence-corrected chi connectivity index (χ2v) is 4.64. The second kappa shape index (κ2) is 8.28. The molecule has 0 fully saturated rings. The van der Waals surface area contributed by atoms with Gasteiger partial charge in [-0.3, -0.25) is 0 Å². The molecule has 0 saturated heterocycles. The molecule has 0 aromatic rings. The first kappa shape index (κ1) is 14.0. The normalized spacial score (nSPS) is 12.0. The average Bonchev–Trinajstić information content (AvgIpc) is 2.16. The number of rotatable bonds is 9. The van der Waals surface area contributed by atoms with E-state index in [0.717, 1.165) is 6.54 Å². The standard InChI is InChI=1S/C13H29N/c1-4-7-10-13(8-5-2,9-6-3)11-12-14/h4-12,14H2,1-3H3. The van der Waals surface area contributed by atoms with E-state index in [2.05, 4.69) is 20.8 Å². The minimum atomic E-state index is 0.578. The van der Waals surface area contributed by atoms with Crippen LogP contribution in [0.5, 0.6) is 0 Å². The summed E-state index contributed by atoms with van der Waals surface area (Å²) in [4.78, 5) is 0. The molecule has 1 nitrogen and oxygen atoms in total. The predicted octanol–water partition coefficient (Wildman–Crippen LogP) is 4.11. The highest BCUT2D eigenvalue weighted by Crippen LogP contribution is 2.38. The lowest BCUT2D eigenvalue weighted by molar-refractivity contribution is 0.193. The van der Waals surface area contributed by atoms with Gasteiger partial charge < -0.3 is 5.73 Å². The van der Waals surface area contributed by atoms with Crippen molar-refractivity contribution in [3.05, 3.63) is 0 Å². The van der Waals surface area contributed by atoms with Crippen LogP contribution in [0.25, 0.3) is 0 Å². The third-order valence-corrected chi connectivity index (χ3v) is 3.30. The highest BCUT2D eigenvalue weighted by Gasteiger charge is 2.26. The lowest BCUT2D eigenvalue weighted by Crippen LogP contribution is -2.24. The van der Waals surface area contributed by atoms with Crippen molar-refractivity contribution in [3.8, 4) is 0 Å². The van der Waals surface area contributed by atoms with Crippen LogP contribution in [0, 0.1) is 5.41 Å². The van der Waals surface area contributed by atoms with Gasteiger partial charge in [-0.15, -0.1) is 0 Å². The number of hydrogen-bond donors (Lipinski definition) is 1. The molecule has 0 amide bonds. The van der Waals surface area contributed by atoms with Gasteiger partial charge in [0.15, 0.2) is 0 Å². The maximum atomic E-state index is 5.75. The lowest BCUT2D eigenvalue weighted by Gasteiger charge is -2.33. The van der Waals surface area contributed by atoms with E-state index in [9.17, 15) is 0 Å². The Bertz CT molecular complexity index is 103. The molecule has 0 radical (unpaired) electrons. The number of unbranched alkanes of at least 4 members (excludes halogenated alkanes) is 1. The van der Waals surface area contributed by atoms with Gasteiger partial charge in [-0.25, -0.2) is 0 Å². The Morgan fingerprint density at radius 1 is 0.786 bits per heavy atom. The Balaban J connectivity index is 4.21. The van der Waals surface area contributed by atoms with Crippen LogP contribution in [-0.4, -0.2) is 6.54 Å². The fraction of sp³-hybridized carbons (Fsp3) is 1.00. The Morgan fingerprint density at radius 3 is 1.71 bits per heavy atom. The van der Waals surface area contributed by atoms with Gasteiger partial charge in [0.25, 0.3) is 0 Å². The molecule has 0 rings (SSSR count). The monoisotopic (exact) mass is 199 g/mol. The molecule has 0 aromatic heterocycles. The molecule has 0 heterocycles. The van der Waals surface area contributed by atoms with Crippen LogP contribution >= 0.6 is 0 Å². The van der Waals surface area contributed by atoms with Crippen LogP contribution in [0.4, 0.5) is 0 Å². The summed E-state index contributed by atoms with van der Waals surface area (Å²) in [6, 6.07) is 0. The maximum Gasteiger partial charge on any atom is -0.00720 e. The molecule has 0 saturated carbocycles. The van der Waals surface area contributed by atoms with Crippen LogP contribution in [-0.2, 0) is 0 Å². The molecule has 0 spiro atoms. The molecule has 0 aliphatic carbocycles. The number of nitrogens with two attached hydrogens (primary N) is 1. The molecule has 1 heteroatoms. The Kier molecular flexibility index (Phi) is 8.26. The van der Waals surface area contributed by atoms with Crippen molar-refractivity contribution in [1.29, 1.82) is 0 Å². The highest BCUT2D eigenvalue weighted by atomic mass is 14.5. The van der Waals surface area contributed by atoms with Crippen molar-refractivity contribution in [2.45, 2.75) is 72.1 Å². The van der Waals surface area contributed by atoms with Crippen molar-refractivity contribution in [2.24, 2.45) is 11.1 Å². The van der Waals surface area contributed by atoms with E-state index >= 15 is 0 Å². The van der Waals surface area contributed by atoms with Gasteiger partial charge in [0.2, 0.25) is 0 Å². The largest absolute Gasteiger partial charge is 0.330 e. The van der Waals surface area contributed by atoms with E-state index in [-0.39, 0.29) is 0 Å². The van der Waals surface area contributed by atoms with Crippen molar-refractivity contribution >= 4 is 0 Å². The Labute approximate surface area is 90.5 Å². The van der Waals surface area contributed by atoms with Gasteiger partial charge in [-0.05, 0) is 37.6 Å². The molecule has 86 valence electrons. The first-order valence-electron chi connectivity index (χ1n) is 6.44. The van der Waals surface area contributed by atoms with Gasteiger partial charge in [0.1, 0.15) is 0 Å². The zero-order valence-corrected chi connectivity index (χ0v) is 10.4. The number of hydrogen-bond acceptors (Lipinski definition) is 1. The van der Waals surface area contributed by atoms with Crippen LogP contribution in [0.15, 0.2) is 0 Å². The quantitative estimate of drug-likeness (QED) is 0.594.